The van der Waals surface area contributed by atoms with Crippen LogP contribution in [-0.4, -0.2) is 58.5 Å². The van der Waals surface area contributed by atoms with Gasteiger partial charge in [-0.3, -0.25) is 13.9 Å². The van der Waals surface area contributed by atoms with Crippen molar-refractivity contribution in [3.05, 3.63) is 82.9 Å². The molecule has 0 radical (unpaired) electrons. The molecule has 0 aliphatic carbocycles. The van der Waals surface area contributed by atoms with Crippen LogP contribution in [0.3, 0.4) is 0 Å². The number of amides is 2. The molecule has 2 amide bonds. The summed E-state index contributed by atoms with van der Waals surface area (Å²) in [4.78, 5) is 28.6. The van der Waals surface area contributed by atoms with Crippen molar-refractivity contribution in [2.24, 2.45) is 0 Å². The van der Waals surface area contributed by atoms with Gasteiger partial charge in [-0.1, -0.05) is 54.8 Å². The molecule has 9 nitrogen and oxygen atoms in total. The molecule has 1 N–H and O–H groups in total. The first-order chi connectivity index (χ1) is 20.0. The third-order valence-electron chi connectivity index (χ3n) is 6.78. The van der Waals surface area contributed by atoms with E-state index >= 15 is 0 Å². The van der Waals surface area contributed by atoms with Gasteiger partial charge in [0.15, 0.2) is 0 Å². The van der Waals surface area contributed by atoms with Crippen LogP contribution in [0.25, 0.3) is 0 Å². The molecule has 42 heavy (non-hydrogen) atoms. The van der Waals surface area contributed by atoms with Crippen LogP contribution < -0.4 is 19.1 Å². The number of anilines is 1. The van der Waals surface area contributed by atoms with Crippen molar-refractivity contribution in [3.63, 3.8) is 0 Å². The zero-order valence-corrected chi connectivity index (χ0v) is 26.2. The van der Waals surface area contributed by atoms with Crippen LogP contribution in [0.2, 0.25) is 5.02 Å². The third-order valence-corrected chi connectivity index (χ3v) is 8.79. The fraction of sp³-hybridized carbons (Fsp3) is 0.355. The van der Waals surface area contributed by atoms with E-state index < -0.39 is 28.5 Å². The lowest BCUT2D eigenvalue weighted by molar-refractivity contribution is -0.139. The summed E-state index contributed by atoms with van der Waals surface area (Å²) in [6.07, 6.45) is 1.69. The Hall–Kier alpha value is -3.76. The number of hydrogen-bond donors (Lipinski definition) is 1. The van der Waals surface area contributed by atoms with Crippen LogP contribution in [-0.2, 0) is 26.2 Å². The SMILES string of the molecule is CCCCNC(=O)C(C)N(Cc1cccc(OC)c1)C(=O)CN(c1cc(Cl)ccc1OC)S(=O)(=O)c1ccc(C)cc1. The number of benzene rings is 3. The molecule has 0 aliphatic heterocycles. The van der Waals surface area contributed by atoms with Crippen molar-refractivity contribution < 1.29 is 27.5 Å². The Kier molecular flexibility index (Phi) is 11.6. The highest BCUT2D eigenvalue weighted by Gasteiger charge is 2.34. The van der Waals surface area contributed by atoms with Crippen LogP contribution in [0.5, 0.6) is 11.5 Å². The highest BCUT2D eigenvalue weighted by molar-refractivity contribution is 7.92. The van der Waals surface area contributed by atoms with Crippen molar-refractivity contribution in [2.45, 2.75) is 51.1 Å². The lowest BCUT2D eigenvalue weighted by Gasteiger charge is -2.32. The van der Waals surface area contributed by atoms with Gasteiger partial charge in [0.2, 0.25) is 11.8 Å². The Morgan fingerprint density at radius 3 is 2.36 bits per heavy atom. The van der Waals surface area contributed by atoms with Crippen molar-refractivity contribution in [3.8, 4) is 11.5 Å². The highest BCUT2D eigenvalue weighted by Crippen LogP contribution is 2.35. The van der Waals surface area contributed by atoms with Crippen LogP contribution >= 0.6 is 11.6 Å². The van der Waals surface area contributed by atoms with E-state index in [4.69, 9.17) is 21.1 Å². The molecular formula is C31H38ClN3O6S. The fourth-order valence-corrected chi connectivity index (χ4v) is 5.88. The number of hydrogen-bond acceptors (Lipinski definition) is 6. The van der Waals surface area contributed by atoms with Gasteiger partial charge >= 0.3 is 0 Å². The summed E-state index contributed by atoms with van der Waals surface area (Å²) in [5, 5.41) is 3.14. The van der Waals surface area contributed by atoms with E-state index in [2.05, 4.69) is 5.32 Å². The average molecular weight is 616 g/mol. The number of carbonyl (C=O) groups is 2. The number of aryl methyl sites for hydroxylation is 1. The average Bonchev–Trinajstić information content (AvgIpc) is 2.98. The number of methoxy groups -OCH3 is 2. The van der Waals surface area contributed by atoms with E-state index in [0.717, 1.165) is 22.7 Å². The lowest BCUT2D eigenvalue weighted by Crippen LogP contribution is -2.51. The second-order valence-electron chi connectivity index (χ2n) is 9.83. The van der Waals surface area contributed by atoms with E-state index in [0.29, 0.717) is 17.9 Å². The summed E-state index contributed by atoms with van der Waals surface area (Å²) in [5.74, 6) is -0.124. The Labute approximate surface area is 253 Å². The number of carbonyl (C=O) groups excluding carboxylic acids is 2. The van der Waals surface area contributed by atoms with Crippen molar-refractivity contribution >= 4 is 39.1 Å². The first-order valence-electron chi connectivity index (χ1n) is 13.6. The molecule has 3 aromatic carbocycles. The van der Waals surface area contributed by atoms with Gasteiger partial charge < -0.3 is 19.7 Å². The maximum absolute atomic E-state index is 14.1. The largest absolute Gasteiger partial charge is 0.497 e. The van der Waals surface area contributed by atoms with Gasteiger partial charge in [0.25, 0.3) is 10.0 Å². The molecule has 0 saturated heterocycles. The molecule has 226 valence electrons. The van der Waals surface area contributed by atoms with Crippen LogP contribution in [0.4, 0.5) is 5.69 Å². The van der Waals surface area contributed by atoms with Gasteiger partial charge in [-0.25, -0.2) is 8.42 Å². The second kappa shape index (κ2) is 14.9. The van der Waals surface area contributed by atoms with E-state index in [1.807, 2.05) is 19.9 Å². The Morgan fingerprint density at radius 1 is 1.00 bits per heavy atom. The Morgan fingerprint density at radius 2 is 1.71 bits per heavy atom. The molecule has 0 heterocycles. The molecule has 0 spiro atoms. The molecule has 1 atom stereocenters. The summed E-state index contributed by atoms with van der Waals surface area (Å²) in [7, 11) is -1.32. The highest BCUT2D eigenvalue weighted by atomic mass is 35.5. The van der Waals surface area contributed by atoms with Crippen LogP contribution in [0.1, 0.15) is 37.8 Å². The summed E-state index contributed by atoms with van der Waals surface area (Å²) in [6.45, 7) is 5.39. The molecule has 0 saturated carbocycles. The first-order valence-corrected chi connectivity index (χ1v) is 15.5. The fourth-order valence-electron chi connectivity index (χ4n) is 4.30. The summed E-state index contributed by atoms with van der Waals surface area (Å²) < 4.78 is 39.9. The zero-order chi connectivity index (χ0) is 30.9. The van der Waals surface area contributed by atoms with Gasteiger partial charge in [-0.2, -0.15) is 0 Å². The van der Waals surface area contributed by atoms with Gasteiger partial charge in [-0.15, -0.1) is 0 Å². The van der Waals surface area contributed by atoms with Crippen molar-refractivity contribution in [1.82, 2.24) is 10.2 Å². The van der Waals surface area contributed by atoms with Gasteiger partial charge in [0.05, 0.1) is 24.8 Å². The molecule has 3 aromatic rings. The molecule has 0 fully saturated rings. The van der Waals surface area contributed by atoms with Crippen molar-refractivity contribution in [2.75, 3.05) is 31.6 Å². The maximum atomic E-state index is 14.1. The normalized spacial score (nSPS) is 11.9. The second-order valence-corrected chi connectivity index (χ2v) is 12.1. The van der Waals surface area contributed by atoms with Gasteiger partial charge in [-0.05, 0) is 68.3 Å². The lowest BCUT2D eigenvalue weighted by atomic mass is 10.1. The first kappa shape index (κ1) is 32.8. The molecule has 11 heteroatoms. The van der Waals surface area contributed by atoms with Crippen LogP contribution in [0.15, 0.2) is 71.6 Å². The maximum Gasteiger partial charge on any atom is 0.264 e. The summed E-state index contributed by atoms with van der Waals surface area (Å²) in [5.41, 5.74) is 1.69. The van der Waals surface area contributed by atoms with Gasteiger partial charge in [0, 0.05) is 18.1 Å². The monoisotopic (exact) mass is 615 g/mol. The smallest absolute Gasteiger partial charge is 0.264 e. The molecule has 0 aliphatic rings. The number of sulfonamides is 1. The van der Waals surface area contributed by atoms with Crippen molar-refractivity contribution in [1.29, 1.82) is 0 Å². The number of ether oxygens (including phenoxy) is 2. The summed E-state index contributed by atoms with van der Waals surface area (Å²) >= 11 is 6.28. The predicted molar refractivity (Wildman–Crippen MR) is 165 cm³/mol. The van der Waals surface area contributed by atoms with E-state index in [9.17, 15) is 18.0 Å². The van der Waals surface area contributed by atoms with E-state index in [-0.39, 0.29) is 33.8 Å². The number of halogens is 1. The zero-order valence-electron chi connectivity index (χ0n) is 24.6. The molecule has 0 aromatic heterocycles. The number of rotatable bonds is 14. The minimum absolute atomic E-state index is 0.00682. The quantitative estimate of drug-likeness (QED) is 0.250. The van der Waals surface area contributed by atoms with Crippen LogP contribution in [0, 0.1) is 6.92 Å². The van der Waals surface area contributed by atoms with E-state index in [1.54, 1.807) is 43.3 Å². The van der Waals surface area contributed by atoms with Gasteiger partial charge in [0.1, 0.15) is 24.1 Å². The number of nitrogens with one attached hydrogen (secondary N) is 1. The Balaban J connectivity index is 2.08. The standard InChI is InChI=1S/C31H38ClN3O6S/c1-6-7-17-33-31(37)23(3)34(20-24-9-8-10-26(18-24)40-4)30(36)21-35(28-19-25(32)13-16-29(28)41-5)42(38,39)27-14-11-22(2)12-15-27/h8-16,18-19,23H,6-7,17,20-21H2,1-5H3,(H,33,37). The predicted octanol–water partition coefficient (Wildman–Crippen LogP) is 5.19. The summed E-state index contributed by atoms with van der Waals surface area (Å²) in [6, 6.07) is 17.1. The molecule has 0 bridgehead atoms. The molecular weight excluding hydrogens is 578 g/mol. The third kappa shape index (κ3) is 8.17. The number of nitrogens with zero attached hydrogens (tertiary/aromatic N) is 2. The Bertz CT molecular complexity index is 1480. The number of unbranched alkanes of at least 4 members (excludes halogenated alkanes) is 1. The molecule has 3 rings (SSSR count). The topological polar surface area (TPSA) is 105 Å². The molecule has 1 unspecified atom stereocenters. The minimum Gasteiger partial charge on any atom is -0.497 e. The minimum atomic E-state index is -4.27. The van der Waals surface area contributed by atoms with E-state index in [1.165, 1.54) is 43.4 Å².